The van der Waals surface area contributed by atoms with Gasteiger partial charge in [0.25, 0.3) is 0 Å². The highest BCUT2D eigenvalue weighted by atomic mass is 35.5. The molecule has 1 unspecified atom stereocenters. The second-order valence-electron chi connectivity index (χ2n) is 7.05. The predicted molar refractivity (Wildman–Crippen MR) is 109 cm³/mol. The Balaban J connectivity index is 0.000000911. The molecule has 4 heteroatoms. The minimum atomic E-state index is 0. The van der Waals surface area contributed by atoms with Gasteiger partial charge in [0.15, 0.2) is 0 Å². The van der Waals surface area contributed by atoms with Crippen LogP contribution in [0.25, 0.3) is 10.9 Å². The average Bonchev–Trinajstić information content (AvgIpc) is 3.16. The van der Waals surface area contributed by atoms with E-state index in [1.165, 1.54) is 59.8 Å². The number of rotatable bonds is 2. The summed E-state index contributed by atoms with van der Waals surface area (Å²) in [6.07, 6.45) is 6.08. The van der Waals surface area contributed by atoms with Gasteiger partial charge in [0, 0.05) is 28.7 Å². The number of aromatic nitrogens is 1. The Bertz CT molecular complexity index is 846. The predicted octanol–water partition coefficient (Wildman–Crippen LogP) is 5.15. The van der Waals surface area contributed by atoms with Crippen LogP contribution in [0.4, 0.5) is 0 Å². The van der Waals surface area contributed by atoms with E-state index in [1.54, 1.807) is 5.56 Å². The number of nitrogens with one attached hydrogen (secondary N) is 2. The number of para-hydroxylation sites is 1. The van der Waals surface area contributed by atoms with Crippen molar-refractivity contribution in [2.75, 3.05) is 0 Å². The second-order valence-corrected chi connectivity index (χ2v) is 7.05. The highest BCUT2D eigenvalue weighted by Crippen LogP contribution is 2.35. The summed E-state index contributed by atoms with van der Waals surface area (Å²) in [5, 5.41) is 5.37. The van der Waals surface area contributed by atoms with Crippen LogP contribution in [0.1, 0.15) is 41.3 Å². The molecule has 0 aliphatic heterocycles. The Labute approximate surface area is 161 Å². The summed E-state index contributed by atoms with van der Waals surface area (Å²) in [5.74, 6) is 0. The van der Waals surface area contributed by atoms with Crippen molar-refractivity contribution < 1.29 is 0 Å². The molecule has 25 heavy (non-hydrogen) atoms. The van der Waals surface area contributed by atoms with Crippen molar-refractivity contribution >= 4 is 35.7 Å². The van der Waals surface area contributed by atoms with Crippen molar-refractivity contribution in [3.05, 3.63) is 70.9 Å². The number of H-pyrrole nitrogens is 1. The van der Waals surface area contributed by atoms with Gasteiger partial charge < -0.3 is 10.3 Å². The largest absolute Gasteiger partial charge is 0.357 e. The third-order valence-corrected chi connectivity index (χ3v) is 5.60. The number of halogens is 2. The van der Waals surface area contributed by atoms with Crippen molar-refractivity contribution in [2.24, 2.45) is 0 Å². The minimum Gasteiger partial charge on any atom is -0.357 e. The number of aromatic amines is 1. The summed E-state index contributed by atoms with van der Waals surface area (Å²) in [6.45, 7) is 0. The lowest BCUT2D eigenvalue weighted by molar-refractivity contribution is 0.396. The van der Waals surface area contributed by atoms with Crippen molar-refractivity contribution in [2.45, 2.75) is 44.2 Å². The molecule has 0 saturated carbocycles. The van der Waals surface area contributed by atoms with Crippen LogP contribution in [-0.4, -0.2) is 11.0 Å². The minimum absolute atomic E-state index is 0. The van der Waals surface area contributed by atoms with Crippen LogP contribution in [0.15, 0.2) is 48.5 Å². The lowest BCUT2D eigenvalue weighted by Crippen LogP contribution is -2.35. The fourth-order valence-electron chi connectivity index (χ4n) is 4.54. The van der Waals surface area contributed by atoms with Gasteiger partial charge in [-0.2, -0.15) is 0 Å². The van der Waals surface area contributed by atoms with Gasteiger partial charge in [-0.05, 0) is 54.9 Å². The van der Waals surface area contributed by atoms with E-state index in [-0.39, 0.29) is 24.8 Å². The lowest BCUT2D eigenvalue weighted by Gasteiger charge is -2.27. The summed E-state index contributed by atoms with van der Waals surface area (Å²) < 4.78 is 0. The average molecular weight is 375 g/mol. The number of aryl methyl sites for hydroxylation is 1. The third kappa shape index (κ3) is 3.19. The van der Waals surface area contributed by atoms with Crippen molar-refractivity contribution in [3.63, 3.8) is 0 Å². The molecule has 2 aliphatic rings. The smallest absolute Gasteiger partial charge is 0.0478 e. The van der Waals surface area contributed by atoms with E-state index in [4.69, 9.17) is 0 Å². The van der Waals surface area contributed by atoms with Gasteiger partial charge in [-0.15, -0.1) is 24.8 Å². The molecule has 0 amide bonds. The Morgan fingerprint density at radius 3 is 2.32 bits per heavy atom. The first-order chi connectivity index (χ1) is 11.4. The van der Waals surface area contributed by atoms with E-state index in [0.717, 1.165) is 0 Å². The maximum atomic E-state index is 3.95. The monoisotopic (exact) mass is 374 g/mol. The molecule has 0 bridgehead atoms. The molecule has 0 radical (unpaired) electrons. The highest BCUT2D eigenvalue weighted by molar-refractivity contribution is 5.86. The zero-order chi connectivity index (χ0) is 15.2. The second kappa shape index (κ2) is 7.41. The first kappa shape index (κ1) is 18.3. The molecule has 5 rings (SSSR count). The van der Waals surface area contributed by atoms with Crippen LogP contribution in [0.2, 0.25) is 0 Å². The Morgan fingerprint density at radius 2 is 1.56 bits per heavy atom. The van der Waals surface area contributed by atoms with E-state index < -0.39 is 0 Å². The van der Waals surface area contributed by atoms with E-state index in [0.29, 0.717) is 12.1 Å². The Hall–Kier alpha value is -1.48. The molecule has 0 saturated heterocycles. The van der Waals surface area contributed by atoms with Crippen molar-refractivity contribution in [3.8, 4) is 0 Å². The highest BCUT2D eigenvalue weighted by Gasteiger charge is 2.28. The third-order valence-electron chi connectivity index (χ3n) is 5.60. The van der Waals surface area contributed by atoms with Crippen LogP contribution in [0, 0.1) is 0 Å². The van der Waals surface area contributed by atoms with Gasteiger partial charge >= 0.3 is 0 Å². The molecule has 3 aromatic rings. The first-order valence-corrected chi connectivity index (χ1v) is 8.81. The summed E-state index contributed by atoms with van der Waals surface area (Å²) in [5.41, 5.74) is 7.32. The summed E-state index contributed by atoms with van der Waals surface area (Å²) in [4.78, 5) is 3.70. The molecule has 0 fully saturated rings. The van der Waals surface area contributed by atoms with Crippen LogP contribution in [0.3, 0.4) is 0 Å². The first-order valence-electron chi connectivity index (χ1n) is 8.81. The molecule has 132 valence electrons. The molecule has 1 aromatic heterocycles. The number of fused-ring (bicyclic) bond motifs is 4. The zero-order valence-electron chi connectivity index (χ0n) is 14.1. The molecule has 1 heterocycles. The lowest BCUT2D eigenvalue weighted by atomic mass is 9.91. The van der Waals surface area contributed by atoms with Gasteiger partial charge in [-0.1, -0.05) is 42.5 Å². The molecular weight excluding hydrogens is 351 g/mol. The fraction of sp³-hybridized carbons (Fsp3) is 0.333. The SMILES string of the molecule is Cl.Cl.c1ccc2c(c1)CC(NC1CCCc3c1[nH]c1ccccc31)C2. The maximum absolute atomic E-state index is 3.95. The number of benzene rings is 2. The number of hydrogen-bond acceptors (Lipinski definition) is 1. The quantitative estimate of drug-likeness (QED) is 0.637. The van der Waals surface area contributed by atoms with Crippen molar-refractivity contribution in [1.82, 2.24) is 10.3 Å². The van der Waals surface area contributed by atoms with Gasteiger partial charge in [0.2, 0.25) is 0 Å². The standard InChI is InChI=1S/C21H22N2.2ClH/c1-2-7-15-13-16(12-14(15)6-1)22-20-11-5-9-18-17-8-3-4-10-19(17)23-21(18)20;;/h1-4,6-8,10,16,20,22-23H,5,9,11-13H2;2*1H. The molecule has 2 aromatic carbocycles. The summed E-state index contributed by atoms with van der Waals surface area (Å²) >= 11 is 0. The van der Waals surface area contributed by atoms with E-state index in [9.17, 15) is 0 Å². The maximum Gasteiger partial charge on any atom is 0.0478 e. The summed E-state index contributed by atoms with van der Waals surface area (Å²) in [6, 6.07) is 18.7. The van der Waals surface area contributed by atoms with Gasteiger partial charge in [0.1, 0.15) is 0 Å². The molecule has 1 atom stereocenters. The molecular formula is C21H24Cl2N2. The molecule has 2 N–H and O–H groups in total. The number of hydrogen-bond donors (Lipinski definition) is 2. The van der Waals surface area contributed by atoms with Gasteiger partial charge in [-0.3, -0.25) is 0 Å². The van der Waals surface area contributed by atoms with Crippen molar-refractivity contribution in [1.29, 1.82) is 0 Å². The van der Waals surface area contributed by atoms with Crippen LogP contribution in [-0.2, 0) is 19.3 Å². The van der Waals surface area contributed by atoms with Crippen LogP contribution >= 0.6 is 24.8 Å². The zero-order valence-corrected chi connectivity index (χ0v) is 15.8. The van der Waals surface area contributed by atoms with E-state index >= 15 is 0 Å². The molecule has 2 aliphatic carbocycles. The van der Waals surface area contributed by atoms with E-state index in [1.807, 2.05) is 0 Å². The van der Waals surface area contributed by atoms with Crippen LogP contribution < -0.4 is 5.32 Å². The summed E-state index contributed by atoms with van der Waals surface area (Å²) in [7, 11) is 0. The van der Waals surface area contributed by atoms with E-state index in [2.05, 4.69) is 58.8 Å². The molecule has 0 spiro atoms. The Kier molecular flexibility index (Phi) is 5.43. The fourth-order valence-corrected chi connectivity index (χ4v) is 4.54. The van der Waals surface area contributed by atoms with Crippen LogP contribution in [0.5, 0.6) is 0 Å². The normalized spacial score (nSPS) is 19.0. The van der Waals surface area contributed by atoms with Gasteiger partial charge in [0.05, 0.1) is 0 Å². The molecule has 2 nitrogen and oxygen atoms in total. The Morgan fingerprint density at radius 1 is 0.880 bits per heavy atom. The topological polar surface area (TPSA) is 27.8 Å². The van der Waals surface area contributed by atoms with Gasteiger partial charge in [-0.25, -0.2) is 0 Å².